The van der Waals surface area contributed by atoms with Crippen LogP contribution in [-0.4, -0.2) is 24.1 Å². The number of hydrogen-bond donors (Lipinski definition) is 0. The molecule has 0 aliphatic carbocycles. The largest absolute Gasteiger partial charge is 0.439 e. The van der Waals surface area contributed by atoms with E-state index in [4.69, 9.17) is 19.9 Å². The first-order valence-electron chi connectivity index (χ1n) is 15.1. The number of pyridine rings is 2. The minimum atomic E-state index is 0.513. The van der Waals surface area contributed by atoms with Crippen molar-refractivity contribution in [3.05, 3.63) is 139 Å². The number of aromatic nitrogens is 5. The zero-order chi connectivity index (χ0) is 30.1. The number of hydrogen-bond acceptors (Lipinski definition) is 4. The standard InChI is InChI=1S/C39H27N5O/c1-24-12-6-7-15-28(24)38-41-42-39-32-23-36(40-25(2)37(32)31-17-9-11-19-34(31)44(38)39)45-27-20-21-30-29-16-8-10-18-33(29)43(35(30)22-27)26-13-4-3-5-14-26/h3-23H,1-2H3. The molecule has 214 valence electrons. The predicted molar refractivity (Wildman–Crippen MR) is 182 cm³/mol. The average molecular weight is 582 g/mol. The maximum Gasteiger partial charge on any atom is 0.220 e. The van der Waals surface area contributed by atoms with Gasteiger partial charge in [0.05, 0.1) is 16.6 Å². The van der Waals surface area contributed by atoms with Crippen molar-refractivity contribution in [1.82, 2.24) is 24.1 Å². The van der Waals surface area contributed by atoms with Crippen molar-refractivity contribution in [2.75, 3.05) is 0 Å². The molecule has 4 aromatic heterocycles. The molecular weight excluding hydrogens is 554 g/mol. The van der Waals surface area contributed by atoms with Crippen LogP contribution >= 0.6 is 0 Å². The average Bonchev–Trinajstić information content (AvgIpc) is 3.65. The molecule has 0 N–H and O–H groups in total. The molecule has 0 unspecified atom stereocenters. The molecule has 4 heterocycles. The first-order valence-corrected chi connectivity index (χ1v) is 15.1. The van der Waals surface area contributed by atoms with Gasteiger partial charge in [-0.05, 0) is 55.8 Å². The van der Waals surface area contributed by atoms with Gasteiger partial charge in [0.2, 0.25) is 5.88 Å². The van der Waals surface area contributed by atoms with E-state index >= 15 is 0 Å². The summed E-state index contributed by atoms with van der Waals surface area (Å²) in [7, 11) is 0. The molecule has 9 rings (SSSR count). The van der Waals surface area contributed by atoms with Gasteiger partial charge in [-0.1, -0.05) is 78.9 Å². The van der Waals surface area contributed by atoms with Crippen molar-refractivity contribution in [1.29, 1.82) is 0 Å². The Hall–Kier alpha value is -6.01. The van der Waals surface area contributed by atoms with Crippen LogP contribution in [0.25, 0.3) is 66.2 Å². The van der Waals surface area contributed by atoms with Gasteiger partial charge in [0.1, 0.15) is 5.75 Å². The molecule has 0 radical (unpaired) electrons. The Morgan fingerprint density at radius 1 is 0.578 bits per heavy atom. The molecule has 0 spiro atoms. The Bertz CT molecular complexity index is 2600. The number of aryl methyl sites for hydroxylation is 2. The van der Waals surface area contributed by atoms with Crippen LogP contribution in [0.2, 0.25) is 0 Å². The Morgan fingerprint density at radius 3 is 2.13 bits per heavy atom. The lowest BCUT2D eigenvalue weighted by atomic mass is 10.0. The summed E-state index contributed by atoms with van der Waals surface area (Å²) in [6, 6.07) is 43.9. The fourth-order valence-electron chi connectivity index (χ4n) is 6.77. The second kappa shape index (κ2) is 9.76. The number of fused-ring (bicyclic) bond motifs is 9. The van der Waals surface area contributed by atoms with E-state index in [1.165, 1.54) is 10.8 Å². The van der Waals surface area contributed by atoms with Crippen molar-refractivity contribution in [2.45, 2.75) is 13.8 Å². The molecule has 6 nitrogen and oxygen atoms in total. The van der Waals surface area contributed by atoms with Crippen molar-refractivity contribution in [2.24, 2.45) is 0 Å². The van der Waals surface area contributed by atoms with Gasteiger partial charge in [-0.15, -0.1) is 10.2 Å². The smallest absolute Gasteiger partial charge is 0.220 e. The number of benzene rings is 5. The van der Waals surface area contributed by atoms with Crippen LogP contribution in [0.4, 0.5) is 0 Å². The van der Waals surface area contributed by atoms with E-state index in [2.05, 4.69) is 113 Å². The van der Waals surface area contributed by atoms with Crippen molar-refractivity contribution < 1.29 is 4.74 Å². The molecule has 5 aromatic carbocycles. The first-order chi connectivity index (χ1) is 22.2. The summed E-state index contributed by atoms with van der Waals surface area (Å²) in [5.74, 6) is 2.05. The third kappa shape index (κ3) is 3.85. The first kappa shape index (κ1) is 25.5. The number of rotatable bonds is 4. The third-order valence-electron chi connectivity index (χ3n) is 8.76. The number of ether oxygens (including phenoxy) is 1. The van der Waals surface area contributed by atoms with E-state index in [1.807, 2.05) is 37.3 Å². The van der Waals surface area contributed by atoms with Crippen molar-refractivity contribution in [3.63, 3.8) is 0 Å². The van der Waals surface area contributed by atoms with Crippen LogP contribution in [0.1, 0.15) is 11.3 Å². The van der Waals surface area contributed by atoms with Crippen LogP contribution in [-0.2, 0) is 0 Å². The van der Waals surface area contributed by atoms with Gasteiger partial charge >= 0.3 is 0 Å². The van der Waals surface area contributed by atoms with E-state index in [0.717, 1.165) is 66.7 Å². The highest BCUT2D eigenvalue weighted by Crippen LogP contribution is 2.38. The van der Waals surface area contributed by atoms with Crippen molar-refractivity contribution >= 4 is 49.1 Å². The molecule has 0 atom stereocenters. The van der Waals surface area contributed by atoms with Gasteiger partial charge in [-0.2, -0.15) is 0 Å². The predicted octanol–water partition coefficient (Wildman–Crippen LogP) is 9.60. The van der Waals surface area contributed by atoms with Crippen LogP contribution in [0.3, 0.4) is 0 Å². The van der Waals surface area contributed by atoms with Crippen LogP contribution in [0, 0.1) is 13.8 Å². The lowest BCUT2D eigenvalue weighted by Crippen LogP contribution is -1.98. The zero-order valence-electron chi connectivity index (χ0n) is 24.8. The molecule has 45 heavy (non-hydrogen) atoms. The van der Waals surface area contributed by atoms with Gasteiger partial charge in [-0.3, -0.25) is 4.40 Å². The second-order valence-corrected chi connectivity index (χ2v) is 11.5. The van der Waals surface area contributed by atoms with E-state index in [9.17, 15) is 0 Å². The molecular formula is C39H27N5O. The molecule has 0 fully saturated rings. The van der Waals surface area contributed by atoms with Gasteiger partial charge in [0.25, 0.3) is 0 Å². The SMILES string of the molecule is Cc1ccccc1-c1nnc2c3cc(Oc4ccc5c6ccccc6n(-c6ccccc6)c5c4)nc(C)c3c3ccccc3n12. The fraction of sp³-hybridized carbons (Fsp3) is 0.0513. The van der Waals surface area contributed by atoms with Gasteiger partial charge in [-0.25, -0.2) is 4.98 Å². The highest BCUT2D eigenvalue weighted by molar-refractivity contribution is 6.13. The lowest BCUT2D eigenvalue weighted by Gasteiger charge is -2.14. The minimum absolute atomic E-state index is 0.513. The van der Waals surface area contributed by atoms with Crippen molar-refractivity contribution in [3.8, 4) is 28.7 Å². The molecule has 0 bridgehead atoms. The summed E-state index contributed by atoms with van der Waals surface area (Å²) in [4.78, 5) is 4.95. The molecule has 0 amide bonds. The molecule has 0 saturated carbocycles. The Kier molecular flexibility index (Phi) is 5.53. The molecule has 0 aliphatic rings. The van der Waals surface area contributed by atoms with Gasteiger partial charge < -0.3 is 9.30 Å². The molecule has 0 saturated heterocycles. The maximum absolute atomic E-state index is 6.55. The van der Waals surface area contributed by atoms with Gasteiger partial charge in [0.15, 0.2) is 11.5 Å². The quantitative estimate of drug-likeness (QED) is 0.194. The van der Waals surface area contributed by atoms with E-state index in [-0.39, 0.29) is 0 Å². The topological polar surface area (TPSA) is 57.2 Å². The summed E-state index contributed by atoms with van der Waals surface area (Å²) in [5, 5.41) is 14.9. The van der Waals surface area contributed by atoms with E-state index < -0.39 is 0 Å². The van der Waals surface area contributed by atoms with Gasteiger partial charge in [0, 0.05) is 56.0 Å². The Balaban J connectivity index is 1.25. The number of para-hydroxylation sites is 3. The highest BCUT2D eigenvalue weighted by Gasteiger charge is 2.20. The summed E-state index contributed by atoms with van der Waals surface area (Å²) in [6.07, 6.45) is 0. The molecule has 6 heteroatoms. The van der Waals surface area contributed by atoms with E-state index in [1.54, 1.807) is 0 Å². The van der Waals surface area contributed by atoms with E-state index in [0.29, 0.717) is 11.6 Å². The third-order valence-corrected chi connectivity index (χ3v) is 8.76. The van der Waals surface area contributed by atoms with Crippen LogP contribution in [0.5, 0.6) is 11.6 Å². The Labute approximate surface area is 258 Å². The zero-order valence-corrected chi connectivity index (χ0v) is 24.8. The molecule has 0 aliphatic heterocycles. The second-order valence-electron chi connectivity index (χ2n) is 11.5. The monoisotopic (exact) mass is 581 g/mol. The molecule has 9 aromatic rings. The van der Waals surface area contributed by atoms with Crippen LogP contribution < -0.4 is 4.74 Å². The summed E-state index contributed by atoms with van der Waals surface area (Å²) in [5.41, 5.74) is 8.23. The minimum Gasteiger partial charge on any atom is -0.439 e. The van der Waals surface area contributed by atoms with Crippen LogP contribution in [0.15, 0.2) is 127 Å². The lowest BCUT2D eigenvalue weighted by molar-refractivity contribution is 0.463. The summed E-state index contributed by atoms with van der Waals surface area (Å²) < 4.78 is 11.0. The summed E-state index contributed by atoms with van der Waals surface area (Å²) in [6.45, 7) is 4.14. The highest BCUT2D eigenvalue weighted by atomic mass is 16.5. The Morgan fingerprint density at radius 2 is 1.29 bits per heavy atom. The normalized spacial score (nSPS) is 11.8. The maximum atomic E-state index is 6.55. The fourth-order valence-corrected chi connectivity index (χ4v) is 6.77. The number of nitrogens with zero attached hydrogens (tertiary/aromatic N) is 5. The summed E-state index contributed by atoms with van der Waals surface area (Å²) >= 11 is 0.